The Hall–Kier alpha value is -3.70. The summed E-state index contributed by atoms with van der Waals surface area (Å²) in [5.74, 6) is -0.141. The zero-order valence-corrected chi connectivity index (χ0v) is 20.7. The number of amides is 2. The number of benzene rings is 4. The Balaban J connectivity index is 1.55. The van der Waals surface area contributed by atoms with Crippen LogP contribution >= 0.6 is 15.9 Å². The van der Waals surface area contributed by atoms with E-state index in [4.69, 9.17) is 0 Å². The van der Waals surface area contributed by atoms with Crippen LogP contribution in [0.15, 0.2) is 115 Å². The van der Waals surface area contributed by atoms with Crippen LogP contribution < -0.4 is 10.2 Å². The van der Waals surface area contributed by atoms with Gasteiger partial charge in [0.25, 0.3) is 5.91 Å². The van der Waals surface area contributed by atoms with Crippen LogP contribution in [0.4, 0.5) is 5.69 Å². The second kappa shape index (κ2) is 9.88. The van der Waals surface area contributed by atoms with Crippen LogP contribution in [0.25, 0.3) is 0 Å². The van der Waals surface area contributed by atoms with Crippen molar-refractivity contribution in [3.8, 4) is 0 Å². The summed E-state index contributed by atoms with van der Waals surface area (Å²) < 4.78 is 0. The molecule has 35 heavy (non-hydrogen) atoms. The molecule has 1 aliphatic rings. The summed E-state index contributed by atoms with van der Waals surface area (Å²) in [4.78, 5) is 27.7. The Labute approximate surface area is 213 Å². The molecule has 1 atom stereocenters. The normalized spacial score (nSPS) is 15.7. The Morgan fingerprint density at radius 3 is 1.60 bits per heavy atom. The van der Waals surface area contributed by atoms with Crippen LogP contribution in [0.5, 0.6) is 0 Å². The van der Waals surface area contributed by atoms with E-state index in [9.17, 15) is 9.59 Å². The third-order valence-corrected chi connectivity index (χ3v) is 7.35. The molecule has 0 radical (unpaired) electrons. The van der Waals surface area contributed by atoms with E-state index >= 15 is 0 Å². The number of rotatable bonds is 6. The van der Waals surface area contributed by atoms with Crippen molar-refractivity contribution in [1.82, 2.24) is 5.32 Å². The van der Waals surface area contributed by atoms with Crippen molar-refractivity contribution < 1.29 is 9.59 Å². The molecule has 5 rings (SSSR count). The molecule has 4 aromatic rings. The van der Waals surface area contributed by atoms with Gasteiger partial charge in [0.05, 0.1) is 4.83 Å². The van der Waals surface area contributed by atoms with E-state index in [1.165, 1.54) is 0 Å². The lowest BCUT2D eigenvalue weighted by Gasteiger charge is -2.37. The molecule has 0 bridgehead atoms. The predicted octanol–water partition coefficient (Wildman–Crippen LogP) is 5.91. The van der Waals surface area contributed by atoms with E-state index in [-0.39, 0.29) is 16.6 Å². The lowest BCUT2D eigenvalue weighted by atomic mass is 9.77. The molecule has 1 unspecified atom stereocenters. The van der Waals surface area contributed by atoms with Gasteiger partial charge in [-0.2, -0.15) is 0 Å². The first-order chi connectivity index (χ1) is 17.1. The molecule has 0 spiro atoms. The number of anilines is 1. The van der Waals surface area contributed by atoms with E-state index in [2.05, 4.69) is 21.2 Å². The summed E-state index contributed by atoms with van der Waals surface area (Å²) in [6.07, 6.45) is 0.773. The number of halogens is 1. The van der Waals surface area contributed by atoms with Gasteiger partial charge < -0.3 is 10.2 Å². The maximum atomic E-state index is 13.7. The van der Waals surface area contributed by atoms with Crippen molar-refractivity contribution in [3.63, 3.8) is 0 Å². The van der Waals surface area contributed by atoms with E-state index in [0.29, 0.717) is 12.1 Å². The molecule has 5 heteroatoms. The number of hydrogen-bond donors (Lipinski definition) is 1. The predicted molar refractivity (Wildman–Crippen MR) is 143 cm³/mol. The largest absolute Gasteiger partial charge is 0.334 e. The molecule has 4 nitrogen and oxygen atoms in total. The van der Waals surface area contributed by atoms with Crippen molar-refractivity contribution in [2.45, 2.75) is 16.8 Å². The molecular weight excluding hydrogens is 500 g/mol. The molecule has 0 saturated carbocycles. The molecule has 2 amide bonds. The van der Waals surface area contributed by atoms with Gasteiger partial charge in [0, 0.05) is 17.8 Å². The number of nitrogens with one attached hydrogen (secondary N) is 1. The number of carbonyl (C=O) groups is 2. The topological polar surface area (TPSA) is 49.4 Å². The number of nitrogens with zero attached hydrogens (tertiary/aromatic N) is 1. The zero-order chi connectivity index (χ0) is 24.3. The minimum atomic E-state index is -0.881. The molecule has 0 aliphatic carbocycles. The molecule has 1 aliphatic heterocycles. The van der Waals surface area contributed by atoms with Gasteiger partial charge in [0.2, 0.25) is 5.91 Å². The Bertz CT molecular complexity index is 1210. The Kier molecular flexibility index (Phi) is 6.51. The minimum absolute atomic E-state index is 0.0541. The first-order valence-corrected chi connectivity index (χ1v) is 12.6. The van der Waals surface area contributed by atoms with Gasteiger partial charge in [-0.15, -0.1) is 0 Å². The highest BCUT2D eigenvalue weighted by Crippen LogP contribution is 2.37. The summed E-state index contributed by atoms with van der Waals surface area (Å²) in [6, 6.07) is 37.3. The maximum absolute atomic E-state index is 13.7. The van der Waals surface area contributed by atoms with Gasteiger partial charge in [-0.3, -0.25) is 9.59 Å². The molecule has 174 valence electrons. The van der Waals surface area contributed by atoms with E-state index in [0.717, 1.165) is 28.8 Å². The second-order valence-electron chi connectivity index (χ2n) is 8.60. The maximum Gasteiger partial charge on any atom is 0.252 e. The average Bonchev–Trinajstić information content (AvgIpc) is 3.26. The summed E-state index contributed by atoms with van der Waals surface area (Å²) >= 11 is 3.42. The van der Waals surface area contributed by atoms with Gasteiger partial charge in [-0.1, -0.05) is 107 Å². The minimum Gasteiger partial charge on any atom is -0.334 e. The van der Waals surface area contributed by atoms with Crippen molar-refractivity contribution in [1.29, 1.82) is 0 Å². The highest BCUT2D eigenvalue weighted by Gasteiger charge is 2.38. The first-order valence-electron chi connectivity index (χ1n) is 11.6. The van der Waals surface area contributed by atoms with E-state index < -0.39 is 5.54 Å². The fraction of sp³-hybridized carbons (Fsp3) is 0.133. The van der Waals surface area contributed by atoms with Crippen LogP contribution in [0, 0.1) is 0 Å². The summed E-state index contributed by atoms with van der Waals surface area (Å²) in [5.41, 5.74) is 3.35. The Morgan fingerprint density at radius 1 is 0.743 bits per heavy atom. The molecule has 4 aromatic carbocycles. The molecule has 1 N–H and O–H groups in total. The van der Waals surface area contributed by atoms with Crippen LogP contribution in [-0.2, 0) is 10.3 Å². The summed E-state index contributed by atoms with van der Waals surface area (Å²) in [5, 5.41) is 3.37. The molecule has 1 saturated heterocycles. The fourth-order valence-electron chi connectivity index (χ4n) is 4.72. The third kappa shape index (κ3) is 4.40. The average molecular weight is 525 g/mol. The summed E-state index contributed by atoms with van der Waals surface area (Å²) in [6.45, 7) is 0.666. The van der Waals surface area contributed by atoms with Crippen LogP contribution in [-0.4, -0.2) is 23.2 Å². The zero-order valence-electron chi connectivity index (χ0n) is 19.1. The molecule has 0 aromatic heterocycles. The lowest BCUT2D eigenvalue weighted by molar-refractivity contribution is -0.116. The van der Waals surface area contributed by atoms with Gasteiger partial charge in [-0.05, 0) is 47.4 Å². The van der Waals surface area contributed by atoms with Crippen molar-refractivity contribution in [2.75, 3.05) is 11.4 Å². The van der Waals surface area contributed by atoms with Crippen LogP contribution in [0.2, 0.25) is 0 Å². The molecule has 1 heterocycles. The monoisotopic (exact) mass is 524 g/mol. The third-order valence-electron chi connectivity index (χ3n) is 6.50. The van der Waals surface area contributed by atoms with Crippen molar-refractivity contribution in [3.05, 3.63) is 138 Å². The molecule has 1 fully saturated rings. The fourth-order valence-corrected chi connectivity index (χ4v) is 5.17. The first kappa shape index (κ1) is 23.1. The van der Waals surface area contributed by atoms with Gasteiger partial charge >= 0.3 is 0 Å². The van der Waals surface area contributed by atoms with Gasteiger partial charge in [-0.25, -0.2) is 0 Å². The number of alkyl halides is 1. The number of carbonyl (C=O) groups excluding carboxylic acids is 2. The standard InChI is InChI=1S/C30H25BrN2O2/c31-27-20-21-33(29(27)35)26-18-16-22(17-19-26)28(34)32-30(23-10-4-1-5-11-23,24-12-6-2-7-13-24)25-14-8-3-9-15-25/h1-19,27H,20-21H2,(H,32,34). The lowest BCUT2D eigenvalue weighted by Crippen LogP contribution is -2.47. The smallest absolute Gasteiger partial charge is 0.252 e. The summed E-state index contributed by atoms with van der Waals surface area (Å²) in [7, 11) is 0. The van der Waals surface area contributed by atoms with Crippen molar-refractivity contribution in [2.24, 2.45) is 0 Å². The van der Waals surface area contributed by atoms with Crippen LogP contribution in [0.3, 0.4) is 0 Å². The quantitative estimate of drug-likeness (QED) is 0.252. The Morgan fingerprint density at radius 2 is 1.20 bits per heavy atom. The van der Waals surface area contributed by atoms with E-state index in [1.807, 2.05) is 103 Å². The van der Waals surface area contributed by atoms with Gasteiger partial charge in [0.1, 0.15) is 5.54 Å². The van der Waals surface area contributed by atoms with Crippen LogP contribution in [0.1, 0.15) is 33.5 Å². The SMILES string of the molecule is O=C(NC(c1ccccc1)(c1ccccc1)c1ccccc1)c1ccc(N2CCC(Br)C2=O)cc1. The highest BCUT2D eigenvalue weighted by atomic mass is 79.9. The molecular formula is C30H25BrN2O2. The van der Waals surface area contributed by atoms with Crippen molar-refractivity contribution >= 4 is 33.4 Å². The van der Waals surface area contributed by atoms with E-state index in [1.54, 1.807) is 17.0 Å². The van der Waals surface area contributed by atoms with Gasteiger partial charge in [0.15, 0.2) is 0 Å². The highest BCUT2D eigenvalue weighted by molar-refractivity contribution is 9.10. The second-order valence-corrected chi connectivity index (χ2v) is 9.70. The number of hydrogen-bond acceptors (Lipinski definition) is 2.